The monoisotopic (exact) mass is 280 g/mol. The Bertz CT molecular complexity index is 395. The van der Waals surface area contributed by atoms with Gasteiger partial charge in [-0.1, -0.05) is 6.92 Å². The molecule has 0 spiro atoms. The fourth-order valence-electron chi connectivity index (χ4n) is 2.87. The summed E-state index contributed by atoms with van der Waals surface area (Å²) in [4.78, 5) is 2.49. The van der Waals surface area contributed by atoms with Crippen LogP contribution in [0.3, 0.4) is 0 Å². The first-order valence-electron chi connectivity index (χ1n) is 7.73. The van der Waals surface area contributed by atoms with Gasteiger partial charge in [-0.05, 0) is 51.4 Å². The zero-order valence-electron chi connectivity index (χ0n) is 13.1. The molecule has 1 N–H and O–H groups in total. The van der Waals surface area contributed by atoms with Gasteiger partial charge in [-0.2, -0.15) is 0 Å². The smallest absolute Gasteiger partial charge is 0.118 e. The molecule has 0 aromatic carbocycles. The number of rotatable bonds is 7. The Labute approximate surface area is 122 Å². The first-order chi connectivity index (χ1) is 9.72. The third kappa shape index (κ3) is 4.33. The van der Waals surface area contributed by atoms with Crippen molar-refractivity contribution >= 4 is 0 Å². The summed E-state index contributed by atoms with van der Waals surface area (Å²) in [5, 5.41) is 3.35. The Morgan fingerprint density at radius 3 is 2.80 bits per heavy atom. The molecule has 0 unspecified atom stereocenters. The Morgan fingerprint density at radius 1 is 1.40 bits per heavy atom. The number of nitrogens with zero attached hydrogens (tertiary/aromatic N) is 1. The van der Waals surface area contributed by atoms with Crippen LogP contribution in [0, 0.1) is 12.8 Å². The molecule has 1 aliphatic rings. The molecule has 0 atom stereocenters. The maximum Gasteiger partial charge on any atom is 0.118 e. The number of piperidine rings is 1. The van der Waals surface area contributed by atoms with Gasteiger partial charge in [0.15, 0.2) is 0 Å². The van der Waals surface area contributed by atoms with Gasteiger partial charge < -0.3 is 14.5 Å². The second-order valence-electron chi connectivity index (χ2n) is 5.75. The predicted molar refractivity (Wildman–Crippen MR) is 80.7 cm³/mol. The van der Waals surface area contributed by atoms with Gasteiger partial charge in [0.1, 0.15) is 11.5 Å². The van der Waals surface area contributed by atoms with Crippen LogP contribution < -0.4 is 5.32 Å². The summed E-state index contributed by atoms with van der Waals surface area (Å²) in [5.74, 6) is 2.88. The normalized spacial score (nSPS) is 17.8. The molecule has 0 saturated carbocycles. The number of furan rings is 1. The predicted octanol–water partition coefficient (Wildman–Crippen LogP) is 2.56. The standard InChI is InChI=1S/C16H28N2O2/c1-4-17-10-15-9-16(20-13(15)2)11-18-7-5-14(6-8-18)12-19-3/h9,14,17H,4-8,10-12H2,1-3H3. The fraction of sp³-hybridized carbons (Fsp3) is 0.750. The number of aryl methyl sites for hydroxylation is 1. The molecule has 1 aliphatic heterocycles. The highest BCUT2D eigenvalue weighted by atomic mass is 16.5. The van der Waals surface area contributed by atoms with E-state index >= 15 is 0 Å². The molecule has 0 radical (unpaired) electrons. The minimum absolute atomic E-state index is 0.735. The van der Waals surface area contributed by atoms with Gasteiger partial charge in [0.25, 0.3) is 0 Å². The molecular weight excluding hydrogens is 252 g/mol. The summed E-state index contributed by atoms with van der Waals surface area (Å²) in [6.45, 7) is 10.2. The van der Waals surface area contributed by atoms with E-state index in [-0.39, 0.29) is 0 Å². The summed E-state index contributed by atoms with van der Waals surface area (Å²) in [6, 6.07) is 2.21. The summed E-state index contributed by atoms with van der Waals surface area (Å²) >= 11 is 0. The summed E-state index contributed by atoms with van der Waals surface area (Å²) in [5.41, 5.74) is 1.29. The molecule has 4 nitrogen and oxygen atoms in total. The van der Waals surface area contributed by atoms with Gasteiger partial charge in [-0.3, -0.25) is 4.90 Å². The SMILES string of the molecule is CCNCc1cc(CN2CCC(COC)CC2)oc1C. The topological polar surface area (TPSA) is 37.6 Å². The van der Waals surface area contributed by atoms with Gasteiger partial charge in [0.2, 0.25) is 0 Å². The zero-order valence-corrected chi connectivity index (χ0v) is 13.1. The lowest BCUT2D eigenvalue weighted by atomic mass is 9.98. The molecule has 0 bridgehead atoms. The van der Waals surface area contributed by atoms with Crippen LogP contribution in [0.2, 0.25) is 0 Å². The van der Waals surface area contributed by atoms with Crippen molar-refractivity contribution in [1.29, 1.82) is 0 Å². The lowest BCUT2D eigenvalue weighted by molar-refractivity contribution is 0.0938. The molecule has 2 heterocycles. The van der Waals surface area contributed by atoms with Crippen LogP contribution in [0.5, 0.6) is 0 Å². The van der Waals surface area contributed by atoms with Gasteiger partial charge in [0.05, 0.1) is 6.54 Å². The van der Waals surface area contributed by atoms with Crippen LogP contribution in [-0.4, -0.2) is 38.3 Å². The second kappa shape index (κ2) is 7.81. The van der Waals surface area contributed by atoms with E-state index in [1.54, 1.807) is 7.11 Å². The third-order valence-corrected chi connectivity index (χ3v) is 4.13. The number of methoxy groups -OCH3 is 1. The van der Waals surface area contributed by atoms with Crippen molar-refractivity contribution in [2.24, 2.45) is 5.92 Å². The number of nitrogens with one attached hydrogen (secondary N) is 1. The second-order valence-corrected chi connectivity index (χ2v) is 5.75. The molecule has 20 heavy (non-hydrogen) atoms. The largest absolute Gasteiger partial charge is 0.465 e. The van der Waals surface area contributed by atoms with Crippen molar-refractivity contribution in [3.05, 3.63) is 23.2 Å². The Balaban J connectivity index is 1.82. The maximum atomic E-state index is 5.88. The molecule has 1 fully saturated rings. The van der Waals surface area contributed by atoms with Gasteiger partial charge in [-0.25, -0.2) is 0 Å². The Morgan fingerprint density at radius 2 is 2.15 bits per heavy atom. The van der Waals surface area contributed by atoms with E-state index < -0.39 is 0 Å². The third-order valence-electron chi connectivity index (χ3n) is 4.13. The van der Waals surface area contributed by atoms with Crippen LogP contribution in [0.1, 0.15) is 36.8 Å². The van der Waals surface area contributed by atoms with E-state index in [1.807, 2.05) is 0 Å². The fourth-order valence-corrected chi connectivity index (χ4v) is 2.87. The summed E-state index contributed by atoms with van der Waals surface area (Å²) < 4.78 is 11.1. The number of hydrogen-bond acceptors (Lipinski definition) is 4. The molecule has 1 aromatic rings. The van der Waals surface area contributed by atoms with Crippen LogP contribution in [0.4, 0.5) is 0 Å². The number of ether oxygens (including phenoxy) is 1. The number of likely N-dealkylation sites (tertiary alicyclic amines) is 1. The molecular formula is C16H28N2O2. The first-order valence-corrected chi connectivity index (χ1v) is 7.73. The summed E-state index contributed by atoms with van der Waals surface area (Å²) in [6.07, 6.45) is 2.47. The van der Waals surface area contributed by atoms with Crippen LogP contribution in [-0.2, 0) is 17.8 Å². The lowest BCUT2D eigenvalue weighted by Crippen LogP contribution is -2.34. The van der Waals surface area contributed by atoms with Crippen LogP contribution in [0.15, 0.2) is 10.5 Å². The Kier molecular flexibility index (Phi) is 6.07. The molecule has 4 heteroatoms. The summed E-state index contributed by atoms with van der Waals surface area (Å²) in [7, 11) is 1.80. The minimum atomic E-state index is 0.735. The van der Waals surface area contributed by atoms with E-state index in [4.69, 9.17) is 9.15 Å². The van der Waals surface area contributed by atoms with Crippen molar-refractivity contribution in [3.63, 3.8) is 0 Å². The van der Waals surface area contributed by atoms with E-state index in [9.17, 15) is 0 Å². The van der Waals surface area contributed by atoms with Crippen LogP contribution >= 0.6 is 0 Å². The molecule has 2 rings (SSSR count). The van der Waals surface area contributed by atoms with Gasteiger partial charge in [0, 0.05) is 25.8 Å². The average Bonchev–Trinajstić information content (AvgIpc) is 2.79. The molecule has 1 saturated heterocycles. The minimum Gasteiger partial charge on any atom is -0.465 e. The highest BCUT2D eigenvalue weighted by Crippen LogP contribution is 2.21. The first kappa shape index (κ1) is 15.5. The zero-order chi connectivity index (χ0) is 14.4. The molecule has 0 amide bonds. The van der Waals surface area contributed by atoms with Crippen molar-refractivity contribution in [3.8, 4) is 0 Å². The Hall–Kier alpha value is -0.840. The highest BCUT2D eigenvalue weighted by molar-refractivity contribution is 5.20. The van der Waals surface area contributed by atoms with E-state index in [0.717, 1.165) is 56.8 Å². The molecule has 114 valence electrons. The lowest BCUT2D eigenvalue weighted by Gasteiger charge is -2.30. The van der Waals surface area contributed by atoms with Crippen LogP contribution in [0.25, 0.3) is 0 Å². The average molecular weight is 280 g/mol. The van der Waals surface area contributed by atoms with Crippen molar-refractivity contribution in [2.75, 3.05) is 33.4 Å². The molecule has 1 aromatic heterocycles. The van der Waals surface area contributed by atoms with Gasteiger partial charge >= 0.3 is 0 Å². The van der Waals surface area contributed by atoms with Crippen molar-refractivity contribution in [1.82, 2.24) is 10.2 Å². The highest BCUT2D eigenvalue weighted by Gasteiger charge is 2.20. The van der Waals surface area contributed by atoms with Gasteiger partial charge in [-0.15, -0.1) is 0 Å². The number of hydrogen-bond donors (Lipinski definition) is 1. The van der Waals surface area contributed by atoms with Crippen molar-refractivity contribution in [2.45, 2.75) is 39.8 Å². The quantitative estimate of drug-likeness (QED) is 0.833. The molecule has 0 aliphatic carbocycles. The van der Waals surface area contributed by atoms with E-state index in [1.165, 1.54) is 18.4 Å². The maximum absolute atomic E-state index is 5.88. The van der Waals surface area contributed by atoms with Crippen molar-refractivity contribution < 1.29 is 9.15 Å². The van der Waals surface area contributed by atoms with E-state index in [0.29, 0.717) is 0 Å². The van der Waals surface area contributed by atoms with E-state index in [2.05, 4.69) is 30.1 Å².